The molecule has 0 bridgehead atoms. The van der Waals surface area contributed by atoms with Crippen molar-refractivity contribution in [2.45, 2.75) is 140 Å². The smallest absolute Gasteiger partial charge is 0.178 e. The molecule has 0 aliphatic carbocycles. The average Bonchev–Trinajstić information content (AvgIpc) is 3.43. The summed E-state index contributed by atoms with van der Waals surface area (Å²) in [7, 11) is -3.47. The molecule has 0 radical (unpaired) electrons. The second kappa shape index (κ2) is 13.4. The first-order valence-corrected chi connectivity index (χ1v) is 17.4. The van der Waals surface area contributed by atoms with E-state index < -0.39 is 16.2 Å². The lowest BCUT2D eigenvalue weighted by Crippen LogP contribution is -2.48. The van der Waals surface area contributed by atoms with Gasteiger partial charge in [-0.2, -0.15) is 0 Å². The molecule has 0 saturated carbocycles. The number of sulfone groups is 1. The van der Waals surface area contributed by atoms with Gasteiger partial charge < -0.3 is 14.2 Å². The third-order valence-electron chi connectivity index (χ3n) is 10.2. The predicted molar refractivity (Wildman–Crippen MR) is 162 cm³/mol. The zero-order chi connectivity index (χ0) is 29.9. The quantitative estimate of drug-likeness (QED) is 0.224. The van der Waals surface area contributed by atoms with Gasteiger partial charge in [0.25, 0.3) is 0 Å². The number of hydrogen-bond donors (Lipinski definition) is 0. The normalized spacial score (nSPS) is 37.0. The van der Waals surface area contributed by atoms with Crippen LogP contribution in [0.5, 0.6) is 0 Å². The lowest BCUT2D eigenvalue weighted by atomic mass is 9.81. The summed E-state index contributed by atoms with van der Waals surface area (Å²) in [6.45, 7) is 17.4. The van der Waals surface area contributed by atoms with Crippen LogP contribution < -0.4 is 0 Å². The first kappa shape index (κ1) is 30.3. The Labute approximate surface area is 245 Å². The van der Waals surface area contributed by atoms with E-state index in [1.807, 2.05) is 6.07 Å². The molecule has 0 amide bonds. The molecular weight excluding hydrogens is 520 g/mol. The maximum absolute atomic E-state index is 13.4. The van der Waals surface area contributed by atoms with E-state index in [0.717, 1.165) is 50.5 Å². The molecule has 6 heteroatoms. The molecule has 1 aromatic carbocycles. The van der Waals surface area contributed by atoms with Gasteiger partial charge in [0.05, 0.1) is 46.8 Å². The van der Waals surface area contributed by atoms with E-state index in [2.05, 4.69) is 48.1 Å². The van der Waals surface area contributed by atoms with Gasteiger partial charge in [0.15, 0.2) is 9.84 Å². The highest BCUT2D eigenvalue weighted by Gasteiger charge is 2.51. The molecule has 226 valence electrons. The predicted octanol–water partition coefficient (Wildman–Crippen LogP) is 7.78. The van der Waals surface area contributed by atoms with Crippen molar-refractivity contribution in [1.29, 1.82) is 0 Å². The van der Waals surface area contributed by atoms with Crippen LogP contribution in [-0.2, 0) is 24.0 Å². The maximum Gasteiger partial charge on any atom is 0.178 e. The Bertz CT molecular complexity index is 1110. The monoisotopic (exact) mass is 576 g/mol. The van der Waals surface area contributed by atoms with Crippen molar-refractivity contribution in [2.75, 3.05) is 5.75 Å². The van der Waals surface area contributed by atoms with Gasteiger partial charge in [-0.3, -0.25) is 0 Å². The second-order valence-corrected chi connectivity index (χ2v) is 15.1. The van der Waals surface area contributed by atoms with Crippen LogP contribution in [0.3, 0.4) is 0 Å². The minimum Gasteiger partial charge on any atom is -0.374 e. The first-order valence-electron chi connectivity index (χ1n) is 16.3. The second-order valence-electron chi connectivity index (χ2n) is 13.1. The Morgan fingerprint density at radius 2 is 1.82 bits per heavy atom. The molecule has 3 aliphatic rings. The standard InChI is InChI=1S/C34H54O5S/c1-8-23(3)19-32-27(7)30(22-40(35,36)29-13-11-10-12-14-29)31(38-32)17-15-24(4)25(5)20-28-16-18-33-34(9-2,39-28)21-26(6)37-33/h10-14,23,25-28,30-33H,4,8-9,15-22H2,1-3,5-7H3/t23?,25-,26+,27-,28?,30-,31+,32?,33+,34+/m1/s1/i15T/t15?,23?,25-,26+,27-,28?,30-,31+,32?,33+,34+. The SMILES string of the molecule is [3H]C(C[C@@H]1OC(CC(C)CC)[C@H](C)[C@H]1CS(=O)(=O)c1ccccc1)C(=C)[C@H](C)CC1CC[C@@H]2O[C@@H](C)C[C@]2(CC)O1. The summed E-state index contributed by atoms with van der Waals surface area (Å²) < 4.78 is 55.5. The first-order chi connectivity index (χ1) is 19.4. The lowest BCUT2D eigenvalue weighted by molar-refractivity contribution is -0.170. The highest BCUT2D eigenvalue weighted by atomic mass is 32.2. The number of benzene rings is 1. The summed E-state index contributed by atoms with van der Waals surface area (Å²) >= 11 is 0. The zero-order valence-corrected chi connectivity index (χ0v) is 26.5. The van der Waals surface area contributed by atoms with E-state index in [-0.39, 0.29) is 59.6 Å². The summed E-state index contributed by atoms with van der Waals surface area (Å²) in [5, 5.41) is 0. The molecule has 3 fully saturated rings. The molecule has 0 N–H and O–H groups in total. The van der Waals surface area contributed by atoms with Gasteiger partial charge >= 0.3 is 0 Å². The molecule has 5 nitrogen and oxygen atoms in total. The topological polar surface area (TPSA) is 61.8 Å². The Balaban J connectivity index is 1.42. The van der Waals surface area contributed by atoms with Crippen molar-refractivity contribution < 1.29 is 24.0 Å². The Morgan fingerprint density at radius 3 is 2.50 bits per heavy atom. The lowest BCUT2D eigenvalue weighted by Gasteiger charge is -2.42. The molecule has 4 rings (SSSR count). The van der Waals surface area contributed by atoms with Gasteiger partial charge in [0.1, 0.15) is 0 Å². The van der Waals surface area contributed by atoms with Crippen LogP contribution in [0, 0.1) is 23.7 Å². The van der Waals surface area contributed by atoms with Crippen LogP contribution >= 0.6 is 0 Å². The van der Waals surface area contributed by atoms with Crippen molar-refractivity contribution in [3.63, 3.8) is 0 Å². The zero-order valence-electron chi connectivity index (χ0n) is 26.7. The fraction of sp³-hybridized carbons (Fsp3) is 0.765. The van der Waals surface area contributed by atoms with E-state index in [1.54, 1.807) is 24.3 Å². The summed E-state index contributed by atoms with van der Waals surface area (Å²) in [6, 6.07) is 8.73. The van der Waals surface area contributed by atoms with Crippen LogP contribution in [0.1, 0.15) is 101 Å². The maximum atomic E-state index is 13.4. The van der Waals surface area contributed by atoms with Crippen molar-refractivity contribution >= 4 is 9.84 Å². The van der Waals surface area contributed by atoms with Gasteiger partial charge in [-0.25, -0.2) is 8.42 Å². The van der Waals surface area contributed by atoms with E-state index in [9.17, 15) is 8.42 Å². The molecule has 3 heterocycles. The Morgan fingerprint density at radius 1 is 1.10 bits per heavy atom. The summed E-state index contributed by atoms with van der Waals surface area (Å²) in [5.41, 5.74) is 0.711. The Hall–Kier alpha value is -1.21. The number of hydrogen-bond acceptors (Lipinski definition) is 5. The van der Waals surface area contributed by atoms with Gasteiger partial charge in [-0.1, -0.05) is 71.4 Å². The van der Waals surface area contributed by atoms with Gasteiger partial charge in [0, 0.05) is 13.7 Å². The van der Waals surface area contributed by atoms with Crippen LogP contribution in [0.25, 0.3) is 0 Å². The molecule has 40 heavy (non-hydrogen) atoms. The molecule has 0 spiro atoms. The minimum atomic E-state index is -3.47. The highest BCUT2D eigenvalue weighted by Crippen LogP contribution is 2.45. The minimum absolute atomic E-state index is 0.00801. The largest absolute Gasteiger partial charge is 0.374 e. The molecular formula is C34H54O5S. The van der Waals surface area contributed by atoms with E-state index in [0.29, 0.717) is 17.2 Å². The molecule has 1 aromatic rings. The van der Waals surface area contributed by atoms with Gasteiger partial charge in [-0.05, 0) is 81.7 Å². The van der Waals surface area contributed by atoms with Crippen molar-refractivity contribution in [3.8, 4) is 0 Å². The number of rotatable bonds is 13. The van der Waals surface area contributed by atoms with Crippen LogP contribution in [0.4, 0.5) is 0 Å². The van der Waals surface area contributed by atoms with Crippen molar-refractivity contribution in [3.05, 3.63) is 42.5 Å². The molecule has 0 aromatic heterocycles. The number of ether oxygens (including phenoxy) is 3. The Kier molecular flexibility index (Phi) is 10.1. The van der Waals surface area contributed by atoms with Crippen LogP contribution in [0.2, 0.25) is 0 Å². The summed E-state index contributed by atoms with van der Waals surface area (Å²) in [4.78, 5) is 0.360. The fourth-order valence-corrected chi connectivity index (χ4v) is 9.04. The average molecular weight is 577 g/mol. The third kappa shape index (κ3) is 7.22. The number of allylic oxidation sites excluding steroid dienone is 1. The molecule has 3 aliphatic heterocycles. The van der Waals surface area contributed by atoms with E-state index in [4.69, 9.17) is 15.6 Å². The van der Waals surface area contributed by atoms with E-state index >= 15 is 0 Å². The number of fused-ring (bicyclic) bond motifs is 1. The summed E-state index contributed by atoms with van der Waals surface area (Å²) in [6.07, 6.45) is 6.98. The summed E-state index contributed by atoms with van der Waals surface area (Å²) in [5.74, 6) is 0.636. The molecule has 4 unspecified atom stereocenters. The van der Waals surface area contributed by atoms with E-state index in [1.165, 1.54) is 0 Å². The van der Waals surface area contributed by atoms with Gasteiger partial charge in [-0.15, -0.1) is 0 Å². The van der Waals surface area contributed by atoms with Crippen LogP contribution in [-0.4, -0.2) is 50.3 Å². The fourth-order valence-electron chi connectivity index (χ4n) is 7.25. The van der Waals surface area contributed by atoms with Gasteiger partial charge in [0.2, 0.25) is 0 Å². The van der Waals surface area contributed by atoms with Crippen molar-refractivity contribution in [2.24, 2.45) is 23.7 Å². The molecule has 3 saturated heterocycles. The highest BCUT2D eigenvalue weighted by molar-refractivity contribution is 7.91. The third-order valence-corrected chi connectivity index (χ3v) is 12.0. The van der Waals surface area contributed by atoms with Crippen LogP contribution in [0.15, 0.2) is 47.4 Å². The molecule has 11 atom stereocenters. The van der Waals surface area contributed by atoms with Crippen molar-refractivity contribution in [1.82, 2.24) is 0 Å².